The van der Waals surface area contributed by atoms with E-state index in [4.69, 9.17) is 0 Å². The second-order valence-corrected chi connectivity index (χ2v) is 8.75. The van der Waals surface area contributed by atoms with Crippen LogP contribution in [0.2, 0.25) is 0 Å². The maximum Gasteiger partial charge on any atom is 0.501 e. The Morgan fingerprint density at radius 2 is 1.56 bits per heavy atom. The van der Waals surface area contributed by atoms with Crippen LogP contribution >= 0.6 is 0 Å². The van der Waals surface area contributed by atoms with Gasteiger partial charge in [0.25, 0.3) is 9.84 Å². The van der Waals surface area contributed by atoms with Crippen LogP contribution in [0.5, 0.6) is 0 Å². The van der Waals surface area contributed by atoms with E-state index in [1.165, 1.54) is 12.3 Å². The van der Waals surface area contributed by atoms with Crippen molar-refractivity contribution in [1.82, 2.24) is 19.9 Å². The van der Waals surface area contributed by atoms with Gasteiger partial charge in [-0.25, -0.2) is 23.4 Å². The van der Waals surface area contributed by atoms with E-state index in [1.54, 1.807) is 0 Å². The lowest BCUT2D eigenvalue weighted by Crippen LogP contribution is -2.23. The van der Waals surface area contributed by atoms with Gasteiger partial charge >= 0.3 is 11.7 Å². The molecule has 0 saturated heterocycles. The molecule has 0 bridgehead atoms. The molecule has 1 aromatic carbocycles. The van der Waals surface area contributed by atoms with E-state index < -0.39 is 32.0 Å². The SMILES string of the molecule is O=S(=O)(c1ccc(Nc2ncnc3cc(-c4ncccc4C(F)(F)F)cnc23)cc1)C(F)(F)F. The van der Waals surface area contributed by atoms with Gasteiger partial charge in [-0.05, 0) is 42.5 Å². The zero-order valence-corrected chi connectivity index (χ0v) is 17.4. The molecule has 0 saturated carbocycles. The number of aromatic nitrogens is 4. The summed E-state index contributed by atoms with van der Waals surface area (Å²) in [5.74, 6) is 0.0973. The van der Waals surface area contributed by atoms with Crippen molar-refractivity contribution < 1.29 is 34.8 Å². The number of rotatable bonds is 4. The van der Waals surface area contributed by atoms with E-state index in [0.29, 0.717) is 0 Å². The first kappa shape index (κ1) is 23.4. The molecule has 0 aliphatic heterocycles. The molecule has 34 heavy (non-hydrogen) atoms. The van der Waals surface area contributed by atoms with Gasteiger partial charge < -0.3 is 5.32 Å². The number of alkyl halides is 6. The number of nitrogens with one attached hydrogen (secondary N) is 1. The van der Waals surface area contributed by atoms with Crippen molar-refractivity contribution >= 4 is 32.4 Å². The number of nitrogens with zero attached hydrogens (tertiary/aromatic N) is 4. The fourth-order valence-corrected chi connectivity index (χ4v) is 3.78. The third-order valence-electron chi connectivity index (χ3n) is 4.59. The van der Waals surface area contributed by atoms with Gasteiger partial charge in [-0.3, -0.25) is 4.98 Å². The second kappa shape index (κ2) is 8.20. The van der Waals surface area contributed by atoms with Crippen LogP contribution in [-0.2, 0) is 16.0 Å². The summed E-state index contributed by atoms with van der Waals surface area (Å²) in [7, 11) is -5.50. The zero-order chi connectivity index (χ0) is 24.7. The molecule has 0 fully saturated rings. The van der Waals surface area contributed by atoms with E-state index in [9.17, 15) is 34.8 Å². The number of benzene rings is 1. The Bertz CT molecular complexity index is 1470. The predicted octanol–water partition coefficient (Wildman–Crippen LogP) is 5.14. The van der Waals surface area contributed by atoms with Crippen LogP contribution in [0, 0.1) is 0 Å². The van der Waals surface area contributed by atoms with Gasteiger partial charge in [0.1, 0.15) is 11.8 Å². The molecule has 0 aliphatic carbocycles. The van der Waals surface area contributed by atoms with Gasteiger partial charge in [0, 0.05) is 23.6 Å². The summed E-state index contributed by atoms with van der Waals surface area (Å²) in [6.45, 7) is 0. The third kappa shape index (κ3) is 4.35. The second-order valence-electron chi connectivity index (χ2n) is 6.81. The maximum atomic E-state index is 13.3. The number of hydrogen-bond donors (Lipinski definition) is 1. The van der Waals surface area contributed by atoms with Crippen molar-refractivity contribution in [2.75, 3.05) is 5.32 Å². The minimum Gasteiger partial charge on any atom is -0.338 e. The Labute approximate surface area is 187 Å². The summed E-state index contributed by atoms with van der Waals surface area (Å²) in [5.41, 5.74) is -6.14. The summed E-state index contributed by atoms with van der Waals surface area (Å²) in [6, 6.07) is 7.15. The minimum absolute atomic E-state index is 0.0618. The number of sulfone groups is 1. The van der Waals surface area contributed by atoms with Gasteiger partial charge in [0.05, 0.1) is 21.7 Å². The van der Waals surface area contributed by atoms with Crippen LogP contribution in [0.3, 0.4) is 0 Å². The summed E-state index contributed by atoms with van der Waals surface area (Å²) in [6.07, 6.45) is -1.15. The summed E-state index contributed by atoms with van der Waals surface area (Å²) in [4.78, 5) is 15.0. The van der Waals surface area contributed by atoms with Crippen LogP contribution in [0.25, 0.3) is 22.3 Å². The lowest BCUT2D eigenvalue weighted by atomic mass is 10.1. The summed E-state index contributed by atoms with van der Waals surface area (Å²) < 4.78 is 101. The van der Waals surface area contributed by atoms with Gasteiger partial charge in [-0.15, -0.1) is 0 Å². The smallest absolute Gasteiger partial charge is 0.338 e. The van der Waals surface area contributed by atoms with E-state index in [2.05, 4.69) is 25.3 Å². The molecule has 0 aliphatic rings. The minimum atomic E-state index is -5.50. The van der Waals surface area contributed by atoms with Crippen LogP contribution in [0.4, 0.5) is 37.8 Å². The number of pyridine rings is 2. The highest BCUT2D eigenvalue weighted by atomic mass is 32.2. The zero-order valence-electron chi connectivity index (χ0n) is 16.6. The van der Waals surface area contributed by atoms with Gasteiger partial charge in [0.2, 0.25) is 0 Å². The highest BCUT2D eigenvalue weighted by Gasteiger charge is 2.46. The Morgan fingerprint density at radius 3 is 2.21 bits per heavy atom. The molecule has 4 rings (SSSR count). The average Bonchev–Trinajstić information content (AvgIpc) is 2.78. The Kier molecular flexibility index (Phi) is 5.63. The first-order valence-electron chi connectivity index (χ1n) is 9.20. The maximum absolute atomic E-state index is 13.3. The first-order chi connectivity index (χ1) is 15.9. The number of fused-ring (bicyclic) bond motifs is 1. The average molecular weight is 499 g/mol. The fourth-order valence-electron chi connectivity index (χ4n) is 3.02. The van der Waals surface area contributed by atoms with Crippen LogP contribution in [0.1, 0.15) is 5.56 Å². The highest BCUT2D eigenvalue weighted by Crippen LogP contribution is 2.36. The standard InChI is InChI=1S/C20H11F6N5O2S/c21-19(22,23)14-2-1-7-27-16(14)11-8-15-17(28-9-11)18(30-10-29-15)31-12-3-5-13(6-4-12)34(32,33)20(24,25)26/h1-10H,(H,29,30,31). The molecule has 0 atom stereocenters. The van der Waals surface area contributed by atoms with Crippen molar-refractivity contribution in [3.05, 3.63) is 66.7 Å². The number of anilines is 2. The number of hydrogen-bond acceptors (Lipinski definition) is 7. The molecule has 0 unspecified atom stereocenters. The van der Waals surface area contributed by atoms with Crippen LogP contribution in [-0.4, -0.2) is 33.9 Å². The van der Waals surface area contributed by atoms with Gasteiger partial charge in [-0.2, -0.15) is 26.3 Å². The Morgan fingerprint density at radius 1 is 0.853 bits per heavy atom. The van der Waals surface area contributed by atoms with E-state index in [1.807, 2.05) is 0 Å². The topological polar surface area (TPSA) is 97.7 Å². The van der Waals surface area contributed by atoms with Crippen molar-refractivity contribution in [2.24, 2.45) is 0 Å². The highest BCUT2D eigenvalue weighted by molar-refractivity contribution is 7.92. The molecular weight excluding hydrogens is 488 g/mol. The van der Waals surface area contributed by atoms with Crippen LogP contribution < -0.4 is 5.32 Å². The Hall–Kier alpha value is -3.81. The third-order valence-corrected chi connectivity index (χ3v) is 6.10. The molecule has 0 amide bonds. The fraction of sp³-hybridized carbons (Fsp3) is 0.100. The molecular formula is C20H11F6N5O2S. The van der Waals surface area contributed by atoms with Crippen molar-refractivity contribution in [2.45, 2.75) is 16.6 Å². The van der Waals surface area contributed by atoms with Crippen molar-refractivity contribution in [3.63, 3.8) is 0 Å². The van der Waals surface area contributed by atoms with Crippen molar-refractivity contribution in [3.8, 4) is 11.3 Å². The molecule has 1 N–H and O–H groups in total. The monoisotopic (exact) mass is 499 g/mol. The van der Waals surface area contributed by atoms with E-state index >= 15 is 0 Å². The lowest BCUT2D eigenvalue weighted by molar-refractivity contribution is -0.137. The molecule has 7 nitrogen and oxygen atoms in total. The summed E-state index contributed by atoms with van der Waals surface area (Å²) >= 11 is 0. The van der Waals surface area contributed by atoms with Gasteiger partial charge in [0.15, 0.2) is 5.82 Å². The summed E-state index contributed by atoms with van der Waals surface area (Å²) in [5, 5.41) is 2.77. The molecule has 3 aromatic heterocycles. The molecule has 3 heterocycles. The van der Waals surface area contributed by atoms with Crippen molar-refractivity contribution in [1.29, 1.82) is 0 Å². The lowest BCUT2D eigenvalue weighted by Gasteiger charge is -2.13. The van der Waals surface area contributed by atoms with E-state index in [0.717, 1.165) is 48.9 Å². The van der Waals surface area contributed by atoms with Crippen LogP contribution in [0.15, 0.2) is 66.1 Å². The quantitative estimate of drug-likeness (QED) is 0.388. The largest absolute Gasteiger partial charge is 0.501 e. The molecule has 0 radical (unpaired) electrons. The molecule has 0 spiro atoms. The predicted molar refractivity (Wildman–Crippen MR) is 109 cm³/mol. The molecule has 14 heteroatoms. The molecule has 176 valence electrons. The Balaban J connectivity index is 1.68. The normalized spacial score (nSPS) is 12.6. The number of halogens is 6. The first-order valence-corrected chi connectivity index (χ1v) is 10.7. The van der Waals surface area contributed by atoms with E-state index in [-0.39, 0.29) is 33.8 Å². The van der Waals surface area contributed by atoms with Gasteiger partial charge in [-0.1, -0.05) is 0 Å². The molecule has 4 aromatic rings.